The van der Waals surface area contributed by atoms with Crippen molar-refractivity contribution >= 4 is 96.7 Å². The van der Waals surface area contributed by atoms with Gasteiger partial charge in [-0.15, -0.1) is 11.3 Å². The number of fused-ring (bicyclic) bond motifs is 27. The van der Waals surface area contributed by atoms with Gasteiger partial charge in [0.2, 0.25) is 0 Å². The van der Waals surface area contributed by atoms with Gasteiger partial charge < -0.3 is 0 Å². The maximum absolute atomic E-state index is 5.77. The molecule has 18 aromatic carbocycles. The molecule has 0 fully saturated rings. The molecule has 0 amide bonds. The molecule has 3 heterocycles. The minimum Gasteiger partial charge on any atom is -0.252 e. The zero-order valence-corrected chi connectivity index (χ0v) is 69.3. The van der Waals surface area contributed by atoms with Gasteiger partial charge in [-0.2, -0.15) is 0 Å². The lowest BCUT2D eigenvalue weighted by Crippen LogP contribution is -2.14. The van der Waals surface area contributed by atoms with Crippen molar-refractivity contribution in [1.82, 2.24) is 19.9 Å². The lowest BCUT2D eigenvalue weighted by Gasteiger charge is -2.22. The highest BCUT2D eigenvalue weighted by Gasteiger charge is 2.40. The minimum absolute atomic E-state index is 0.120. The standard InChI is InChI=1S/C116H80N4S/c1-113(2)97-27-13-9-23-83(97)87-45-35-73(59-101(87)113)67-31-41-79-81-43-33-69(75-37-47-89-85-25-11-15-29-99(85)115(5,6)103(89)61-75)57-95(81)111-109(93(79)55-67)117-63-105(119-111)77-21-17-19-65(51-77)71-39-49-107-91(53-71)92-54-72(40-50-108(92)121-107)66-20-18-22-78(52-66)106-64-118-110-94-56-68(74-36-46-88-84-24-10-14-28-98(84)114(3,4)102(88)60-74)32-42-80(94)82-44-34-70(58-96(82)112(110)120-106)76-38-48-90-86-26-12-16-30-100(86)116(7,8)104(90)62-76/h9-64H,1-8H3. The highest BCUT2D eigenvalue weighted by Crippen LogP contribution is 2.56. The molecule has 25 rings (SSSR count). The maximum atomic E-state index is 5.77. The molecule has 0 aliphatic heterocycles. The van der Waals surface area contributed by atoms with Gasteiger partial charge in [0.05, 0.1) is 45.8 Å². The Balaban J connectivity index is 0.577. The van der Waals surface area contributed by atoms with Crippen LogP contribution in [0.5, 0.6) is 0 Å². The molecule has 121 heavy (non-hydrogen) atoms. The lowest BCUT2D eigenvalue weighted by atomic mass is 9.81. The third-order valence-corrected chi connectivity index (χ3v) is 29.5. The van der Waals surface area contributed by atoms with Gasteiger partial charge in [-0.3, -0.25) is 9.97 Å². The van der Waals surface area contributed by atoms with E-state index in [0.29, 0.717) is 0 Å². The Kier molecular flexibility index (Phi) is 14.6. The van der Waals surface area contributed by atoms with Gasteiger partial charge in [0.15, 0.2) is 0 Å². The van der Waals surface area contributed by atoms with Crippen LogP contribution in [0.4, 0.5) is 0 Å². The summed E-state index contributed by atoms with van der Waals surface area (Å²) in [4.78, 5) is 22.6. The zero-order valence-electron chi connectivity index (χ0n) is 68.5. The van der Waals surface area contributed by atoms with Crippen LogP contribution >= 0.6 is 11.3 Å². The fraction of sp³-hybridized carbons (Fsp3) is 0.103. The number of hydrogen-bond acceptors (Lipinski definition) is 5. The van der Waals surface area contributed by atoms with E-state index in [1.807, 2.05) is 23.7 Å². The molecule has 21 aromatic rings. The molecule has 3 aromatic heterocycles. The van der Waals surface area contributed by atoms with Crippen molar-refractivity contribution in [2.45, 2.75) is 77.0 Å². The van der Waals surface area contributed by atoms with Crippen molar-refractivity contribution in [3.05, 3.63) is 384 Å². The van der Waals surface area contributed by atoms with Crippen LogP contribution in [0, 0.1) is 0 Å². The fourth-order valence-electron chi connectivity index (χ4n) is 21.8. The van der Waals surface area contributed by atoms with Crippen molar-refractivity contribution in [2.24, 2.45) is 0 Å². The summed E-state index contributed by atoms with van der Waals surface area (Å²) in [5.41, 5.74) is 42.1. The summed E-state index contributed by atoms with van der Waals surface area (Å²) < 4.78 is 2.49. The monoisotopic (exact) mass is 1560 g/mol. The normalized spacial score (nSPS) is 14.5. The summed E-state index contributed by atoms with van der Waals surface area (Å²) in [5.74, 6) is 0. The highest BCUT2D eigenvalue weighted by atomic mass is 32.1. The molecule has 4 aliphatic rings. The second-order valence-electron chi connectivity index (χ2n) is 36.4. The summed E-state index contributed by atoms with van der Waals surface area (Å²) in [5, 5.41) is 11.4. The van der Waals surface area contributed by atoms with E-state index in [0.717, 1.165) is 132 Å². The van der Waals surface area contributed by atoms with Crippen molar-refractivity contribution in [2.75, 3.05) is 0 Å². The largest absolute Gasteiger partial charge is 0.252 e. The van der Waals surface area contributed by atoms with Crippen LogP contribution < -0.4 is 0 Å². The Bertz CT molecular complexity index is 7750. The van der Waals surface area contributed by atoms with Gasteiger partial charge in [-0.1, -0.05) is 298 Å². The van der Waals surface area contributed by atoms with Crippen molar-refractivity contribution in [3.8, 4) is 134 Å². The van der Waals surface area contributed by atoms with Gasteiger partial charge in [-0.25, -0.2) is 9.97 Å². The average molecular weight is 1560 g/mol. The molecule has 4 nitrogen and oxygen atoms in total. The maximum Gasteiger partial charge on any atom is 0.0979 e. The predicted octanol–water partition coefficient (Wildman–Crippen LogP) is 31.1. The number of aromatic nitrogens is 4. The van der Waals surface area contributed by atoms with E-state index >= 15 is 0 Å². The second kappa shape index (κ2) is 25.2. The number of benzene rings is 18. The van der Waals surface area contributed by atoms with E-state index < -0.39 is 0 Å². The Morgan fingerprint density at radius 2 is 0.421 bits per heavy atom. The molecule has 0 radical (unpaired) electrons. The molecule has 0 N–H and O–H groups in total. The molecule has 570 valence electrons. The molecule has 0 bridgehead atoms. The van der Waals surface area contributed by atoms with Crippen molar-refractivity contribution in [3.63, 3.8) is 0 Å². The first kappa shape index (κ1) is 70.0. The van der Waals surface area contributed by atoms with Crippen molar-refractivity contribution in [1.29, 1.82) is 0 Å². The first-order valence-corrected chi connectivity index (χ1v) is 43.2. The van der Waals surface area contributed by atoms with E-state index in [4.69, 9.17) is 19.9 Å². The number of nitrogens with zero attached hydrogens (tertiary/aromatic N) is 4. The van der Waals surface area contributed by atoms with Crippen LogP contribution in [0.25, 0.3) is 219 Å². The molecule has 0 saturated heterocycles. The zero-order chi connectivity index (χ0) is 80.8. The van der Waals surface area contributed by atoms with E-state index in [9.17, 15) is 0 Å². The molecule has 0 spiro atoms. The van der Waals surface area contributed by atoms with Gasteiger partial charge in [-0.05, 0) is 262 Å². The van der Waals surface area contributed by atoms with Crippen molar-refractivity contribution < 1.29 is 0 Å². The van der Waals surface area contributed by atoms with Gasteiger partial charge in [0.25, 0.3) is 0 Å². The first-order valence-electron chi connectivity index (χ1n) is 42.4. The summed E-state index contributed by atoms with van der Waals surface area (Å²) in [6.07, 6.45) is 3.99. The third kappa shape index (κ3) is 10.3. The minimum atomic E-state index is -0.129. The number of thiophene rings is 1. The summed E-state index contributed by atoms with van der Waals surface area (Å²) in [6, 6.07) is 124. The van der Waals surface area contributed by atoms with Gasteiger partial charge in [0.1, 0.15) is 0 Å². The molecule has 0 atom stereocenters. The Morgan fingerprint density at radius 3 is 0.736 bits per heavy atom. The summed E-state index contributed by atoms with van der Waals surface area (Å²) >= 11 is 1.85. The van der Waals surface area contributed by atoms with Crippen LogP contribution in [-0.2, 0) is 21.7 Å². The van der Waals surface area contributed by atoms with E-state index in [2.05, 4.69) is 383 Å². The Morgan fingerprint density at radius 1 is 0.182 bits per heavy atom. The molecular weight excluding hydrogens is 1480 g/mol. The molecule has 0 unspecified atom stereocenters. The number of hydrogen-bond donors (Lipinski definition) is 0. The summed E-state index contributed by atoms with van der Waals surface area (Å²) in [7, 11) is 0. The van der Waals surface area contributed by atoms with Gasteiger partial charge >= 0.3 is 0 Å². The van der Waals surface area contributed by atoms with Gasteiger partial charge in [0, 0.05) is 74.5 Å². The summed E-state index contributed by atoms with van der Waals surface area (Å²) in [6.45, 7) is 18.9. The van der Waals surface area contributed by atoms with E-state index in [1.54, 1.807) is 0 Å². The molecule has 5 heteroatoms. The first-order chi connectivity index (χ1) is 58.9. The smallest absolute Gasteiger partial charge is 0.0979 e. The van der Waals surface area contributed by atoms with E-state index in [1.165, 1.54) is 131 Å². The molecule has 4 aliphatic carbocycles. The number of rotatable bonds is 8. The highest BCUT2D eigenvalue weighted by molar-refractivity contribution is 7.25. The fourth-order valence-corrected chi connectivity index (χ4v) is 22.9. The SMILES string of the molecule is CC1(C)c2ccccc2-c2ccc(-c3ccc4c5ccc(-c6ccc7c(c6)C(C)(C)c6ccccc6-7)cc5c5nc(-c6cccc(-c7ccc8sc9ccc(-c%10cccc(-c%11cnc%12c%13cc(-c%14ccc%15c(c%14)C(C)(C)c%14ccccc%14-%15)ccc%13c%13ccc(-c%14ccc%15c(c%14)C(C)(C)c%14ccccc%14-%15)cc%13c%12n%11)c%10)cc9c8c7)c6)cnc5c4c3)cc21. The molecular formula is C116H80N4S. The third-order valence-electron chi connectivity index (χ3n) is 28.3. The van der Waals surface area contributed by atoms with Crippen LogP contribution in [-0.4, -0.2) is 19.9 Å². The Hall–Kier alpha value is -14.1. The van der Waals surface area contributed by atoms with Crippen LogP contribution in [0.15, 0.2) is 340 Å². The predicted molar refractivity (Wildman–Crippen MR) is 509 cm³/mol. The quantitative estimate of drug-likeness (QED) is 0.142. The Labute approximate surface area is 706 Å². The topological polar surface area (TPSA) is 51.6 Å². The average Bonchev–Trinajstić information content (AvgIpc) is 1.73. The van der Waals surface area contributed by atoms with Crippen LogP contribution in [0.2, 0.25) is 0 Å². The molecule has 0 saturated carbocycles. The van der Waals surface area contributed by atoms with Crippen LogP contribution in [0.1, 0.15) is 99.9 Å². The van der Waals surface area contributed by atoms with Crippen LogP contribution in [0.3, 0.4) is 0 Å². The lowest BCUT2D eigenvalue weighted by molar-refractivity contribution is 0.660. The van der Waals surface area contributed by atoms with E-state index in [-0.39, 0.29) is 21.7 Å². The second-order valence-corrected chi connectivity index (χ2v) is 37.4.